The van der Waals surface area contributed by atoms with E-state index in [4.69, 9.17) is 5.73 Å². The summed E-state index contributed by atoms with van der Waals surface area (Å²) in [5.74, 6) is -0.349. The summed E-state index contributed by atoms with van der Waals surface area (Å²) in [5, 5.41) is 0.818. The molecule has 2 N–H and O–H groups in total. The second-order valence-corrected chi connectivity index (χ2v) is 3.44. The van der Waals surface area contributed by atoms with E-state index in [0.717, 1.165) is 5.39 Å². The van der Waals surface area contributed by atoms with Crippen LogP contribution in [-0.4, -0.2) is 4.57 Å². The first-order chi connectivity index (χ1) is 7.13. The highest BCUT2D eigenvalue weighted by atomic mass is 19.1. The van der Waals surface area contributed by atoms with Gasteiger partial charge in [-0.25, -0.2) is 4.39 Å². The van der Waals surface area contributed by atoms with Crippen molar-refractivity contribution in [1.82, 2.24) is 4.57 Å². The van der Waals surface area contributed by atoms with Crippen LogP contribution in [0.5, 0.6) is 0 Å². The maximum absolute atomic E-state index is 13.0. The number of halogens is 1. The largest absolute Gasteiger partial charge is 0.326 e. The summed E-state index contributed by atoms with van der Waals surface area (Å²) in [7, 11) is 1.61. The van der Waals surface area contributed by atoms with Gasteiger partial charge >= 0.3 is 0 Å². The first-order valence-electron chi connectivity index (χ1n) is 4.61. The zero-order valence-electron chi connectivity index (χ0n) is 8.33. The van der Waals surface area contributed by atoms with Crippen LogP contribution >= 0.6 is 0 Å². The maximum Gasteiger partial charge on any atom is 0.255 e. The molecule has 0 spiro atoms. The fourth-order valence-electron chi connectivity index (χ4n) is 1.65. The number of nitrogens with two attached hydrogens (primary N) is 1. The van der Waals surface area contributed by atoms with Gasteiger partial charge in [-0.3, -0.25) is 4.79 Å². The van der Waals surface area contributed by atoms with Gasteiger partial charge in [0.05, 0.1) is 5.52 Å². The fourth-order valence-corrected chi connectivity index (χ4v) is 1.65. The van der Waals surface area contributed by atoms with Crippen molar-refractivity contribution in [2.24, 2.45) is 12.8 Å². The summed E-state index contributed by atoms with van der Waals surface area (Å²) in [6, 6.07) is 6.06. The van der Waals surface area contributed by atoms with Gasteiger partial charge in [0.25, 0.3) is 5.56 Å². The van der Waals surface area contributed by atoms with Crippen LogP contribution in [0, 0.1) is 5.82 Å². The van der Waals surface area contributed by atoms with Crippen LogP contribution < -0.4 is 11.3 Å². The van der Waals surface area contributed by atoms with Crippen molar-refractivity contribution >= 4 is 10.9 Å². The maximum atomic E-state index is 13.0. The summed E-state index contributed by atoms with van der Waals surface area (Å²) < 4.78 is 14.4. The topological polar surface area (TPSA) is 48.0 Å². The van der Waals surface area contributed by atoms with Gasteiger partial charge in [0.1, 0.15) is 5.82 Å². The van der Waals surface area contributed by atoms with E-state index in [2.05, 4.69) is 0 Å². The van der Waals surface area contributed by atoms with E-state index in [-0.39, 0.29) is 17.9 Å². The van der Waals surface area contributed by atoms with E-state index in [9.17, 15) is 9.18 Å². The van der Waals surface area contributed by atoms with E-state index in [1.807, 2.05) is 0 Å². The molecule has 2 rings (SSSR count). The Morgan fingerprint density at radius 1 is 1.40 bits per heavy atom. The van der Waals surface area contributed by atoms with Crippen LogP contribution in [0.25, 0.3) is 10.9 Å². The van der Waals surface area contributed by atoms with Crippen LogP contribution in [0.4, 0.5) is 4.39 Å². The van der Waals surface area contributed by atoms with Gasteiger partial charge < -0.3 is 10.3 Å². The van der Waals surface area contributed by atoms with Gasteiger partial charge in [-0.2, -0.15) is 0 Å². The molecule has 0 saturated heterocycles. The highest BCUT2D eigenvalue weighted by Gasteiger charge is 2.05. The number of fused-ring (bicyclic) bond motifs is 1. The van der Waals surface area contributed by atoms with E-state index in [1.54, 1.807) is 19.2 Å². The van der Waals surface area contributed by atoms with Gasteiger partial charge in [0.2, 0.25) is 0 Å². The first-order valence-corrected chi connectivity index (χ1v) is 4.61. The Morgan fingerprint density at radius 2 is 2.13 bits per heavy atom. The Kier molecular flexibility index (Phi) is 2.28. The van der Waals surface area contributed by atoms with Crippen molar-refractivity contribution in [3.8, 4) is 0 Å². The zero-order valence-corrected chi connectivity index (χ0v) is 8.33. The third kappa shape index (κ3) is 1.53. The Hall–Kier alpha value is -1.68. The molecular weight excluding hydrogens is 195 g/mol. The Balaban J connectivity index is 2.91. The number of rotatable bonds is 1. The molecule has 0 atom stereocenters. The molecule has 0 radical (unpaired) electrons. The van der Waals surface area contributed by atoms with Crippen molar-refractivity contribution in [3.63, 3.8) is 0 Å². The summed E-state index contributed by atoms with van der Waals surface area (Å²) in [5.41, 5.74) is 6.40. The van der Waals surface area contributed by atoms with Crippen LogP contribution in [-0.2, 0) is 13.6 Å². The third-order valence-corrected chi connectivity index (χ3v) is 2.48. The van der Waals surface area contributed by atoms with Crippen molar-refractivity contribution in [3.05, 3.63) is 46.0 Å². The number of nitrogens with zero attached hydrogens (tertiary/aromatic N) is 1. The van der Waals surface area contributed by atoms with Crippen molar-refractivity contribution in [1.29, 1.82) is 0 Å². The van der Waals surface area contributed by atoms with Gasteiger partial charge in [-0.1, -0.05) is 0 Å². The molecule has 2 aromatic rings. The Labute approximate surface area is 85.9 Å². The molecule has 15 heavy (non-hydrogen) atoms. The second-order valence-electron chi connectivity index (χ2n) is 3.44. The standard InChI is InChI=1S/C11H11FN2O/c1-14-10-5-9(12)3-2-7(10)4-8(6-13)11(14)15/h2-5H,6,13H2,1H3. The van der Waals surface area contributed by atoms with Gasteiger partial charge in [0.15, 0.2) is 0 Å². The minimum Gasteiger partial charge on any atom is -0.326 e. The summed E-state index contributed by atoms with van der Waals surface area (Å²) in [6.07, 6.45) is 0. The monoisotopic (exact) mass is 206 g/mol. The van der Waals surface area contributed by atoms with Crippen molar-refractivity contribution in [2.45, 2.75) is 6.54 Å². The van der Waals surface area contributed by atoms with Crippen molar-refractivity contribution in [2.75, 3.05) is 0 Å². The smallest absolute Gasteiger partial charge is 0.255 e. The molecule has 78 valence electrons. The van der Waals surface area contributed by atoms with E-state index >= 15 is 0 Å². The minimum absolute atomic E-state index is 0.171. The molecule has 0 fully saturated rings. The van der Waals surface area contributed by atoms with Crippen LogP contribution in [0.3, 0.4) is 0 Å². The van der Waals surface area contributed by atoms with E-state index in [1.165, 1.54) is 16.7 Å². The third-order valence-electron chi connectivity index (χ3n) is 2.48. The average Bonchev–Trinajstić information content (AvgIpc) is 2.24. The number of hydrogen-bond acceptors (Lipinski definition) is 2. The summed E-state index contributed by atoms with van der Waals surface area (Å²) in [4.78, 5) is 11.7. The lowest BCUT2D eigenvalue weighted by Crippen LogP contribution is -2.23. The molecule has 0 aliphatic carbocycles. The molecule has 1 heterocycles. The minimum atomic E-state index is -0.349. The Bertz CT molecular complexity index is 575. The van der Waals surface area contributed by atoms with E-state index in [0.29, 0.717) is 11.1 Å². The summed E-state index contributed by atoms with van der Waals surface area (Å²) >= 11 is 0. The number of aryl methyl sites for hydroxylation is 1. The fraction of sp³-hybridized carbons (Fsp3) is 0.182. The molecule has 1 aromatic carbocycles. The first kappa shape index (κ1) is 9.86. The molecule has 0 aliphatic rings. The summed E-state index contributed by atoms with van der Waals surface area (Å²) in [6.45, 7) is 0.194. The normalized spacial score (nSPS) is 10.9. The molecule has 3 nitrogen and oxygen atoms in total. The van der Waals surface area contributed by atoms with Gasteiger partial charge in [-0.05, 0) is 29.7 Å². The SMILES string of the molecule is Cn1c(=O)c(CN)cc2ccc(F)cc21. The highest BCUT2D eigenvalue weighted by molar-refractivity contribution is 5.79. The zero-order chi connectivity index (χ0) is 11.0. The molecule has 0 bridgehead atoms. The number of aromatic nitrogens is 1. The molecule has 1 aromatic heterocycles. The lowest BCUT2D eigenvalue weighted by atomic mass is 10.1. The van der Waals surface area contributed by atoms with Crippen LogP contribution in [0.1, 0.15) is 5.56 Å². The van der Waals surface area contributed by atoms with Crippen LogP contribution in [0.15, 0.2) is 29.1 Å². The van der Waals surface area contributed by atoms with Gasteiger partial charge in [-0.15, -0.1) is 0 Å². The quantitative estimate of drug-likeness (QED) is 0.760. The molecular formula is C11H11FN2O. The molecule has 0 saturated carbocycles. The van der Waals surface area contributed by atoms with Gasteiger partial charge in [0, 0.05) is 19.2 Å². The number of pyridine rings is 1. The van der Waals surface area contributed by atoms with E-state index < -0.39 is 0 Å². The highest BCUT2D eigenvalue weighted by Crippen LogP contribution is 2.14. The lowest BCUT2D eigenvalue weighted by Gasteiger charge is -2.07. The predicted octanol–water partition coefficient (Wildman–Crippen LogP) is 1.14. The number of benzene rings is 1. The van der Waals surface area contributed by atoms with Crippen molar-refractivity contribution < 1.29 is 4.39 Å². The lowest BCUT2D eigenvalue weighted by molar-refractivity contribution is 0.628. The van der Waals surface area contributed by atoms with Crippen LogP contribution in [0.2, 0.25) is 0 Å². The molecule has 0 aliphatic heterocycles. The molecule has 0 unspecified atom stereocenters. The Morgan fingerprint density at radius 3 is 2.80 bits per heavy atom. The predicted molar refractivity (Wildman–Crippen MR) is 57.0 cm³/mol. The molecule has 0 amide bonds. The molecule has 4 heteroatoms. The number of hydrogen-bond donors (Lipinski definition) is 1. The second kappa shape index (κ2) is 3.47. The average molecular weight is 206 g/mol.